The molecule has 1 heterocycles. The molecule has 2 amide bonds. The molecule has 3 atom stereocenters. The van der Waals surface area contributed by atoms with Gasteiger partial charge in [-0.2, -0.15) is 5.26 Å². The van der Waals surface area contributed by atoms with E-state index in [2.05, 4.69) is 11.4 Å². The minimum Gasteiger partial charge on any atom is -0.350 e. The van der Waals surface area contributed by atoms with Crippen LogP contribution < -0.4 is 16.8 Å². The van der Waals surface area contributed by atoms with Crippen LogP contribution in [0.3, 0.4) is 0 Å². The average molecular weight is 420 g/mol. The van der Waals surface area contributed by atoms with Gasteiger partial charge >= 0.3 is 0 Å². The van der Waals surface area contributed by atoms with E-state index in [-0.39, 0.29) is 24.3 Å². The van der Waals surface area contributed by atoms with Gasteiger partial charge in [0.2, 0.25) is 11.8 Å². The highest BCUT2D eigenvalue weighted by molar-refractivity contribution is 5.90. The summed E-state index contributed by atoms with van der Waals surface area (Å²) in [5, 5.41) is 12.2. The standard InChI is InChI=1S/C24H29N5O2/c25-13-18-6-8-19(9-7-18)15-28-23(30)22-12-20(14-26)16-29(22)24(31)21(27)11-10-17-4-2-1-3-5-17/h1-9,20-22H,10-13,15-16,25,27H2,(H,28,30)/t20-,21+,22-/m0/s1. The Morgan fingerprint density at radius 2 is 1.77 bits per heavy atom. The van der Waals surface area contributed by atoms with Crippen molar-refractivity contribution in [3.8, 4) is 6.07 Å². The summed E-state index contributed by atoms with van der Waals surface area (Å²) in [7, 11) is 0. The van der Waals surface area contributed by atoms with Crippen LogP contribution in [0, 0.1) is 17.2 Å². The highest BCUT2D eigenvalue weighted by Gasteiger charge is 2.40. The number of nitrogens with two attached hydrogens (primary N) is 2. The smallest absolute Gasteiger partial charge is 0.243 e. The fourth-order valence-electron chi connectivity index (χ4n) is 3.83. The van der Waals surface area contributed by atoms with Gasteiger partial charge in [0, 0.05) is 19.6 Å². The van der Waals surface area contributed by atoms with Gasteiger partial charge in [0.25, 0.3) is 0 Å². The first-order valence-corrected chi connectivity index (χ1v) is 10.6. The lowest BCUT2D eigenvalue weighted by molar-refractivity contribution is -0.139. The molecule has 7 nitrogen and oxygen atoms in total. The molecule has 31 heavy (non-hydrogen) atoms. The Balaban J connectivity index is 1.60. The molecule has 2 aromatic rings. The van der Waals surface area contributed by atoms with Gasteiger partial charge in [-0.1, -0.05) is 54.6 Å². The second-order valence-electron chi connectivity index (χ2n) is 7.94. The summed E-state index contributed by atoms with van der Waals surface area (Å²) in [6.07, 6.45) is 1.49. The van der Waals surface area contributed by atoms with Crippen LogP contribution in [0.5, 0.6) is 0 Å². The lowest BCUT2D eigenvalue weighted by atomic mass is 10.0. The van der Waals surface area contributed by atoms with E-state index in [1.807, 2.05) is 54.6 Å². The Morgan fingerprint density at radius 1 is 1.10 bits per heavy atom. The molecule has 0 bridgehead atoms. The minimum absolute atomic E-state index is 0.234. The molecule has 1 fully saturated rings. The highest BCUT2D eigenvalue weighted by Crippen LogP contribution is 2.24. The fourth-order valence-corrected chi connectivity index (χ4v) is 3.83. The van der Waals surface area contributed by atoms with E-state index in [1.54, 1.807) is 0 Å². The van der Waals surface area contributed by atoms with Crippen LogP contribution in [0.25, 0.3) is 0 Å². The zero-order valence-corrected chi connectivity index (χ0v) is 17.5. The number of likely N-dealkylation sites (tertiary alicyclic amines) is 1. The van der Waals surface area contributed by atoms with Gasteiger partial charge in [-0.15, -0.1) is 0 Å². The molecule has 7 heteroatoms. The Kier molecular flexibility index (Phi) is 7.76. The van der Waals surface area contributed by atoms with E-state index in [0.717, 1.165) is 16.7 Å². The summed E-state index contributed by atoms with van der Waals surface area (Å²) < 4.78 is 0. The molecule has 1 aliphatic heterocycles. The third-order valence-corrected chi connectivity index (χ3v) is 5.70. The molecule has 0 radical (unpaired) electrons. The van der Waals surface area contributed by atoms with Crippen molar-refractivity contribution in [2.24, 2.45) is 17.4 Å². The molecular formula is C24H29N5O2. The molecule has 0 aliphatic carbocycles. The second kappa shape index (κ2) is 10.7. The number of nitrogens with zero attached hydrogens (tertiary/aromatic N) is 2. The van der Waals surface area contributed by atoms with Gasteiger partial charge in [-0.25, -0.2) is 0 Å². The van der Waals surface area contributed by atoms with Crippen LogP contribution in [0.4, 0.5) is 0 Å². The Labute approximate surface area is 183 Å². The van der Waals surface area contributed by atoms with Crippen molar-refractivity contribution >= 4 is 11.8 Å². The van der Waals surface area contributed by atoms with E-state index in [1.165, 1.54) is 4.90 Å². The molecule has 1 saturated heterocycles. The van der Waals surface area contributed by atoms with Crippen LogP contribution in [0.15, 0.2) is 54.6 Å². The van der Waals surface area contributed by atoms with Crippen LogP contribution in [-0.4, -0.2) is 35.3 Å². The summed E-state index contributed by atoms with van der Waals surface area (Å²) in [6.45, 7) is 1.04. The summed E-state index contributed by atoms with van der Waals surface area (Å²) >= 11 is 0. The molecule has 162 valence electrons. The molecule has 0 aromatic heterocycles. The maximum Gasteiger partial charge on any atom is 0.243 e. The van der Waals surface area contributed by atoms with Gasteiger partial charge in [0.05, 0.1) is 18.0 Å². The maximum atomic E-state index is 13.0. The fraction of sp³-hybridized carbons (Fsp3) is 0.375. The number of hydrogen-bond acceptors (Lipinski definition) is 5. The number of benzene rings is 2. The summed E-state index contributed by atoms with van der Waals surface area (Å²) in [4.78, 5) is 27.3. The normalized spacial score (nSPS) is 18.9. The Bertz CT molecular complexity index is 923. The summed E-state index contributed by atoms with van der Waals surface area (Å²) in [5.41, 5.74) is 14.8. The zero-order chi connectivity index (χ0) is 22.2. The SMILES string of the molecule is N#C[C@@H]1C[C@@H](C(=O)NCc2ccc(CN)cc2)N(C(=O)[C@H](N)CCc2ccccc2)C1. The van der Waals surface area contributed by atoms with Crippen molar-refractivity contribution in [3.63, 3.8) is 0 Å². The van der Waals surface area contributed by atoms with E-state index in [4.69, 9.17) is 11.5 Å². The Morgan fingerprint density at radius 3 is 2.42 bits per heavy atom. The van der Waals surface area contributed by atoms with E-state index in [0.29, 0.717) is 32.4 Å². The van der Waals surface area contributed by atoms with Crippen molar-refractivity contribution in [2.45, 2.75) is 44.4 Å². The van der Waals surface area contributed by atoms with Crippen LogP contribution in [0.1, 0.15) is 29.5 Å². The number of nitrogens with one attached hydrogen (secondary N) is 1. The third-order valence-electron chi connectivity index (χ3n) is 5.70. The van der Waals surface area contributed by atoms with E-state index in [9.17, 15) is 14.9 Å². The molecule has 0 saturated carbocycles. The van der Waals surface area contributed by atoms with Crippen LogP contribution in [-0.2, 0) is 29.1 Å². The van der Waals surface area contributed by atoms with Crippen molar-refractivity contribution in [1.82, 2.24) is 10.2 Å². The predicted molar refractivity (Wildman–Crippen MR) is 118 cm³/mol. The number of carbonyl (C=O) groups excluding carboxylic acids is 2. The first-order chi connectivity index (χ1) is 15.0. The molecule has 0 unspecified atom stereocenters. The van der Waals surface area contributed by atoms with E-state index < -0.39 is 12.1 Å². The predicted octanol–water partition coefficient (Wildman–Crippen LogP) is 1.46. The molecule has 3 rings (SSSR count). The highest BCUT2D eigenvalue weighted by atomic mass is 16.2. The largest absolute Gasteiger partial charge is 0.350 e. The van der Waals surface area contributed by atoms with Gasteiger partial charge < -0.3 is 21.7 Å². The number of nitriles is 1. The number of amides is 2. The molecule has 2 aromatic carbocycles. The number of carbonyl (C=O) groups is 2. The quantitative estimate of drug-likeness (QED) is 0.597. The number of hydrogen-bond donors (Lipinski definition) is 3. The monoisotopic (exact) mass is 419 g/mol. The van der Waals surface area contributed by atoms with Crippen molar-refractivity contribution in [3.05, 3.63) is 71.3 Å². The van der Waals surface area contributed by atoms with Crippen LogP contribution >= 0.6 is 0 Å². The lowest BCUT2D eigenvalue weighted by Gasteiger charge is -2.26. The second-order valence-corrected chi connectivity index (χ2v) is 7.94. The molecule has 5 N–H and O–H groups in total. The van der Waals surface area contributed by atoms with Gasteiger partial charge in [-0.05, 0) is 36.0 Å². The van der Waals surface area contributed by atoms with Gasteiger partial charge in [-0.3, -0.25) is 9.59 Å². The van der Waals surface area contributed by atoms with Crippen molar-refractivity contribution in [2.75, 3.05) is 6.54 Å². The topological polar surface area (TPSA) is 125 Å². The zero-order valence-electron chi connectivity index (χ0n) is 17.5. The summed E-state index contributed by atoms with van der Waals surface area (Å²) in [5.74, 6) is -0.907. The molecule has 0 spiro atoms. The molecular weight excluding hydrogens is 390 g/mol. The first-order valence-electron chi connectivity index (χ1n) is 10.6. The Hall–Kier alpha value is -3.21. The molecule has 1 aliphatic rings. The summed E-state index contributed by atoms with van der Waals surface area (Å²) in [6, 6.07) is 18.3. The minimum atomic E-state index is -0.711. The number of rotatable bonds is 8. The average Bonchev–Trinajstić information content (AvgIpc) is 3.26. The van der Waals surface area contributed by atoms with Crippen LogP contribution in [0.2, 0.25) is 0 Å². The first kappa shape index (κ1) is 22.5. The van der Waals surface area contributed by atoms with Gasteiger partial charge in [0.15, 0.2) is 0 Å². The lowest BCUT2D eigenvalue weighted by Crippen LogP contribution is -2.51. The van der Waals surface area contributed by atoms with Gasteiger partial charge in [0.1, 0.15) is 6.04 Å². The number of aryl methyl sites for hydroxylation is 1. The maximum absolute atomic E-state index is 13.0. The third kappa shape index (κ3) is 5.91. The van der Waals surface area contributed by atoms with Crippen molar-refractivity contribution < 1.29 is 9.59 Å². The van der Waals surface area contributed by atoms with Crippen molar-refractivity contribution in [1.29, 1.82) is 5.26 Å². The van der Waals surface area contributed by atoms with E-state index >= 15 is 0 Å².